The van der Waals surface area contributed by atoms with E-state index in [0.717, 1.165) is 13.1 Å². The minimum Gasteiger partial charge on any atom is -0.493 e. The van der Waals surface area contributed by atoms with E-state index in [2.05, 4.69) is 20.6 Å². The van der Waals surface area contributed by atoms with Crippen molar-refractivity contribution in [2.75, 3.05) is 25.5 Å². The molecule has 0 spiro atoms. The Kier molecular flexibility index (Phi) is 4.48. The first-order valence-electron chi connectivity index (χ1n) is 8.07. The van der Waals surface area contributed by atoms with Crippen LogP contribution in [0.5, 0.6) is 11.5 Å². The van der Waals surface area contributed by atoms with Crippen LogP contribution in [0.2, 0.25) is 5.02 Å². The zero-order valence-electron chi connectivity index (χ0n) is 13.9. The zero-order valence-corrected chi connectivity index (χ0v) is 14.7. The van der Waals surface area contributed by atoms with Crippen molar-refractivity contribution in [1.82, 2.24) is 15.3 Å². The number of nitrogens with one attached hydrogen (secondary N) is 2. The number of hydrogen-bond acceptors (Lipinski definition) is 6. The van der Waals surface area contributed by atoms with Crippen molar-refractivity contribution < 1.29 is 13.9 Å². The van der Waals surface area contributed by atoms with E-state index in [1.807, 2.05) is 0 Å². The third-order valence-corrected chi connectivity index (χ3v) is 4.45. The van der Waals surface area contributed by atoms with E-state index >= 15 is 0 Å². The van der Waals surface area contributed by atoms with Gasteiger partial charge >= 0.3 is 0 Å². The molecule has 0 radical (unpaired) electrons. The largest absolute Gasteiger partial charge is 0.493 e. The molecule has 1 aliphatic rings. The number of benzene rings is 2. The summed E-state index contributed by atoms with van der Waals surface area (Å²) in [5.41, 5.74) is 0.889. The highest BCUT2D eigenvalue weighted by atomic mass is 35.5. The van der Waals surface area contributed by atoms with E-state index < -0.39 is 5.82 Å². The van der Waals surface area contributed by atoms with E-state index in [1.165, 1.54) is 12.4 Å². The summed E-state index contributed by atoms with van der Waals surface area (Å²) in [7, 11) is 1.58. The number of aromatic nitrogens is 2. The van der Waals surface area contributed by atoms with Crippen LogP contribution in [0.15, 0.2) is 36.7 Å². The Morgan fingerprint density at radius 3 is 2.81 bits per heavy atom. The van der Waals surface area contributed by atoms with Crippen LogP contribution in [0.4, 0.5) is 15.9 Å². The van der Waals surface area contributed by atoms with Crippen molar-refractivity contribution in [2.24, 2.45) is 0 Å². The number of ether oxygens (including phenoxy) is 2. The first-order valence-corrected chi connectivity index (χ1v) is 8.44. The fourth-order valence-corrected chi connectivity index (χ4v) is 2.84. The van der Waals surface area contributed by atoms with Gasteiger partial charge in [-0.15, -0.1) is 0 Å². The van der Waals surface area contributed by atoms with Crippen molar-refractivity contribution >= 4 is 34.0 Å². The second kappa shape index (κ2) is 6.93. The van der Waals surface area contributed by atoms with Crippen LogP contribution in [0.3, 0.4) is 0 Å². The van der Waals surface area contributed by atoms with Gasteiger partial charge in [-0.2, -0.15) is 0 Å². The summed E-state index contributed by atoms with van der Waals surface area (Å²) in [5, 5.41) is 6.87. The van der Waals surface area contributed by atoms with Gasteiger partial charge in [-0.1, -0.05) is 17.7 Å². The first-order chi connectivity index (χ1) is 12.7. The number of nitrogens with zero attached hydrogens (tertiary/aromatic N) is 2. The van der Waals surface area contributed by atoms with Crippen molar-refractivity contribution in [3.63, 3.8) is 0 Å². The first kappa shape index (κ1) is 16.8. The molecule has 1 fully saturated rings. The predicted molar refractivity (Wildman–Crippen MR) is 98.1 cm³/mol. The van der Waals surface area contributed by atoms with Gasteiger partial charge in [0.1, 0.15) is 18.2 Å². The van der Waals surface area contributed by atoms with E-state index in [-0.39, 0.29) is 16.8 Å². The Balaban J connectivity index is 1.76. The van der Waals surface area contributed by atoms with E-state index in [4.69, 9.17) is 21.1 Å². The van der Waals surface area contributed by atoms with Gasteiger partial charge in [0.2, 0.25) is 0 Å². The molecule has 3 aromatic rings. The highest BCUT2D eigenvalue weighted by Gasteiger charge is 2.21. The fraction of sp³-hybridized carbons (Fsp3) is 0.222. The van der Waals surface area contributed by atoms with Crippen LogP contribution in [-0.2, 0) is 0 Å². The van der Waals surface area contributed by atoms with Crippen LogP contribution in [0, 0.1) is 5.82 Å². The fourth-order valence-electron chi connectivity index (χ4n) is 2.67. The molecule has 8 heteroatoms. The maximum absolute atomic E-state index is 14.2. The summed E-state index contributed by atoms with van der Waals surface area (Å²) in [6.07, 6.45) is 1.50. The maximum atomic E-state index is 14.2. The van der Waals surface area contributed by atoms with Crippen molar-refractivity contribution in [2.45, 2.75) is 6.10 Å². The molecule has 26 heavy (non-hydrogen) atoms. The highest BCUT2D eigenvalue weighted by Crippen LogP contribution is 2.36. The molecule has 2 heterocycles. The van der Waals surface area contributed by atoms with Gasteiger partial charge in [0.25, 0.3) is 0 Å². The molecule has 6 nitrogen and oxygen atoms in total. The predicted octanol–water partition coefficient (Wildman–Crippen LogP) is 3.53. The van der Waals surface area contributed by atoms with Gasteiger partial charge in [-0.25, -0.2) is 14.4 Å². The normalized spacial score (nSPS) is 14.1. The molecule has 0 atom stereocenters. The molecular weight excluding hydrogens is 359 g/mol. The van der Waals surface area contributed by atoms with Crippen LogP contribution >= 0.6 is 11.6 Å². The van der Waals surface area contributed by atoms with E-state index in [0.29, 0.717) is 28.2 Å². The Labute approximate surface area is 154 Å². The molecule has 1 aromatic heterocycles. The number of anilines is 2. The van der Waals surface area contributed by atoms with Gasteiger partial charge in [0.15, 0.2) is 17.3 Å². The third-order valence-electron chi connectivity index (χ3n) is 4.16. The topological polar surface area (TPSA) is 68.3 Å². The molecule has 0 unspecified atom stereocenters. The summed E-state index contributed by atoms with van der Waals surface area (Å²) in [4.78, 5) is 8.51. The molecule has 0 amide bonds. The second-order valence-electron chi connectivity index (χ2n) is 5.87. The molecule has 2 aromatic carbocycles. The smallest absolute Gasteiger partial charge is 0.165 e. The molecule has 0 saturated carbocycles. The molecular formula is C18H16ClFN4O2. The quantitative estimate of drug-likeness (QED) is 0.712. The minimum absolute atomic E-state index is 0.0385. The monoisotopic (exact) mass is 374 g/mol. The lowest BCUT2D eigenvalue weighted by Crippen LogP contribution is -2.50. The van der Waals surface area contributed by atoms with E-state index in [1.54, 1.807) is 31.4 Å². The van der Waals surface area contributed by atoms with Crippen molar-refractivity contribution in [1.29, 1.82) is 0 Å². The number of methoxy groups -OCH3 is 1. The Hall–Kier alpha value is -2.64. The number of halogens is 2. The van der Waals surface area contributed by atoms with Crippen LogP contribution < -0.4 is 20.1 Å². The molecule has 0 bridgehead atoms. The molecule has 1 aliphatic heterocycles. The standard InChI is InChI=1S/C18H16ClFN4O2/c1-25-15-6-14-11(5-16(15)26-10-7-21-8-10)18(23-9-22-14)24-13-4-2-3-12(19)17(13)20/h2-6,9-10,21H,7-8H2,1H3,(H,22,23,24). The lowest BCUT2D eigenvalue weighted by Gasteiger charge is -2.28. The average molecular weight is 375 g/mol. The highest BCUT2D eigenvalue weighted by molar-refractivity contribution is 6.31. The van der Waals surface area contributed by atoms with Crippen LogP contribution in [0.1, 0.15) is 0 Å². The van der Waals surface area contributed by atoms with E-state index in [9.17, 15) is 4.39 Å². The number of hydrogen-bond donors (Lipinski definition) is 2. The number of fused-ring (bicyclic) bond motifs is 1. The van der Waals surface area contributed by atoms with Gasteiger partial charge in [-0.3, -0.25) is 0 Å². The Morgan fingerprint density at radius 2 is 2.08 bits per heavy atom. The van der Waals surface area contributed by atoms with Crippen LogP contribution in [-0.4, -0.2) is 36.3 Å². The molecule has 1 saturated heterocycles. The summed E-state index contributed by atoms with van der Waals surface area (Å²) in [6.45, 7) is 1.57. The summed E-state index contributed by atoms with van der Waals surface area (Å²) < 4.78 is 25.6. The average Bonchev–Trinajstić information content (AvgIpc) is 2.61. The molecule has 0 aliphatic carbocycles. The maximum Gasteiger partial charge on any atom is 0.165 e. The summed E-state index contributed by atoms with van der Waals surface area (Å²) >= 11 is 5.85. The molecule has 134 valence electrons. The SMILES string of the molecule is COc1cc2ncnc(Nc3cccc(Cl)c3F)c2cc1OC1CNC1. The minimum atomic E-state index is -0.536. The summed E-state index contributed by atoms with van der Waals surface area (Å²) in [6, 6.07) is 8.33. The lowest BCUT2D eigenvalue weighted by atomic mass is 10.2. The Morgan fingerprint density at radius 1 is 1.23 bits per heavy atom. The second-order valence-corrected chi connectivity index (χ2v) is 6.27. The third kappa shape index (κ3) is 3.11. The van der Waals surface area contributed by atoms with Gasteiger partial charge < -0.3 is 20.1 Å². The van der Waals surface area contributed by atoms with Crippen LogP contribution in [0.25, 0.3) is 10.9 Å². The lowest BCUT2D eigenvalue weighted by molar-refractivity contribution is 0.137. The molecule has 2 N–H and O–H groups in total. The zero-order chi connectivity index (χ0) is 18.1. The van der Waals surface area contributed by atoms with Gasteiger partial charge in [0.05, 0.1) is 23.3 Å². The summed E-state index contributed by atoms with van der Waals surface area (Å²) in [5.74, 6) is 1.10. The number of rotatable bonds is 5. The van der Waals surface area contributed by atoms with Gasteiger partial charge in [0, 0.05) is 24.5 Å². The van der Waals surface area contributed by atoms with Crippen molar-refractivity contribution in [3.05, 3.63) is 47.5 Å². The van der Waals surface area contributed by atoms with Gasteiger partial charge in [-0.05, 0) is 18.2 Å². The Bertz CT molecular complexity index is 965. The molecule has 4 rings (SSSR count). The van der Waals surface area contributed by atoms with Crippen molar-refractivity contribution in [3.8, 4) is 11.5 Å².